The fourth-order valence-electron chi connectivity index (χ4n) is 3.12. The second-order valence-corrected chi connectivity index (χ2v) is 6.90. The number of aromatic nitrogens is 1. The Hall–Kier alpha value is -3.41. The number of carbonyl (C=O) groups is 2. The van der Waals surface area contributed by atoms with E-state index in [1.54, 1.807) is 24.3 Å². The molecule has 0 aliphatic carbocycles. The van der Waals surface area contributed by atoms with Crippen molar-refractivity contribution in [1.82, 2.24) is 9.88 Å². The molecule has 1 heterocycles. The van der Waals surface area contributed by atoms with Crippen LogP contribution in [-0.2, 0) is 11.3 Å². The minimum atomic E-state index is -0.400. The Bertz CT molecular complexity index is 1080. The minimum absolute atomic E-state index is 0.140. The molecule has 2 N–H and O–H groups in total. The van der Waals surface area contributed by atoms with Gasteiger partial charge in [0, 0.05) is 24.2 Å². The zero-order valence-electron chi connectivity index (χ0n) is 16.2. The number of fused-ring (bicyclic) bond motifs is 1. The standard InChI is InChI=1S/C22H23N3O3/c1-14(2)15-8-10-16(11-9-15)24-20(26)13-25-19-7-5-4-6-17(19)18(12-21(25)27)22(28)23-3/h4-12,14H,13H2,1-3H3,(H,23,28)(H,24,26). The van der Waals surface area contributed by atoms with Gasteiger partial charge < -0.3 is 10.6 Å². The van der Waals surface area contributed by atoms with E-state index in [2.05, 4.69) is 24.5 Å². The minimum Gasteiger partial charge on any atom is -0.355 e. The van der Waals surface area contributed by atoms with E-state index in [1.807, 2.05) is 24.3 Å². The average Bonchev–Trinajstić information content (AvgIpc) is 2.69. The molecular weight excluding hydrogens is 354 g/mol. The van der Waals surface area contributed by atoms with E-state index < -0.39 is 5.56 Å². The van der Waals surface area contributed by atoms with Crippen molar-refractivity contribution >= 4 is 28.4 Å². The van der Waals surface area contributed by atoms with Crippen molar-refractivity contribution in [3.63, 3.8) is 0 Å². The third-order valence-corrected chi connectivity index (χ3v) is 4.65. The van der Waals surface area contributed by atoms with E-state index in [0.717, 1.165) is 0 Å². The van der Waals surface area contributed by atoms with E-state index >= 15 is 0 Å². The molecule has 1 aromatic heterocycles. The third-order valence-electron chi connectivity index (χ3n) is 4.65. The van der Waals surface area contributed by atoms with Gasteiger partial charge in [-0.3, -0.25) is 19.0 Å². The summed E-state index contributed by atoms with van der Waals surface area (Å²) in [6.07, 6.45) is 0. The summed E-state index contributed by atoms with van der Waals surface area (Å²) in [4.78, 5) is 37.2. The van der Waals surface area contributed by atoms with Gasteiger partial charge in [0.05, 0.1) is 11.1 Å². The van der Waals surface area contributed by atoms with Gasteiger partial charge in [0.1, 0.15) is 6.54 Å². The molecule has 0 spiro atoms. The maximum absolute atomic E-state index is 12.6. The van der Waals surface area contributed by atoms with Crippen molar-refractivity contribution in [1.29, 1.82) is 0 Å². The van der Waals surface area contributed by atoms with Gasteiger partial charge in [-0.05, 0) is 29.7 Å². The molecular formula is C22H23N3O3. The number of para-hydroxylation sites is 1. The summed E-state index contributed by atoms with van der Waals surface area (Å²) >= 11 is 0. The lowest BCUT2D eigenvalue weighted by Crippen LogP contribution is -2.30. The fourth-order valence-corrected chi connectivity index (χ4v) is 3.12. The normalized spacial score (nSPS) is 10.9. The molecule has 0 saturated carbocycles. The number of rotatable bonds is 5. The monoisotopic (exact) mass is 377 g/mol. The first-order valence-electron chi connectivity index (χ1n) is 9.15. The van der Waals surface area contributed by atoms with Crippen molar-refractivity contribution in [3.05, 3.63) is 76.1 Å². The second-order valence-electron chi connectivity index (χ2n) is 6.90. The summed E-state index contributed by atoms with van der Waals surface area (Å²) in [6, 6.07) is 16.0. The van der Waals surface area contributed by atoms with Crippen LogP contribution in [0.1, 0.15) is 35.7 Å². The van der Waals surface area contributed by atoms with Crippen LogP contribution >= 0.6 is 0 Å². The number of carbonyl (C=O) groups excluding carboxylic acids is 2. The highest BCUT2D eigenvalue weighted by Crippen LogP contribution is 2.19. The van der Waals surface area contributed by atoms with Crippen LogP contribution in [0.2, 0.25) is 0 Å². The predicted molar refractivity (Wildman–Crippen MR) is 111 cm³/mol. The molecule has 2 amide bonds. The zero-order chi connectivity index (χ0) is 20.3. The first-order chi connectivity index (χ1) is 13.4. The SMILES string of the molecule is CNC(=O)c1cc(=O)n(CC(=O)Nc2ccc(C(C)C)cc2)c2ccccc12. The van der Waals surface area contributed by atoms with Gasteiger partial charge in [0.2, 0.25) is 5.91 Å². The first kappa shape index (κ1) is 19.4. The molecule has 6 heteroatoms. The van der Waals surface area contributed by atoms with Crippen LogP contribution in [-0.4, -0.2) is 23.4 Å². The topological polar surface area (TPSA) is 80.2 Å². The molecule has 0 fully saturated rings. The lowest BCUT2D eigenvalue weighted by atomic mass is 10.0. The Morgan fingerprint density at radius 2 is 1.71 bits per heavy atom. The Morgan fingerprint density at radius 1 is 1.04 bits per heavy atom. The molecule has 0 aliphatic heterocycles. The fraction of sp³-hybridized carbons (Fsp3) is 0.227. The van der Waals surface area contributed by atoms with Crippen molar-refractivity contribution in [3.8, 4) is 0 Å². The van der Waals surface area contributed by atoms with E-state index in [4.69, 9.17) is 0 Å². The highest BCUT2D eigenvalue weighted by Gasteiger charge is 2.15. The predicted octanol–water partition coefficient (Wildman–Crippen LogP) is 3.12. The van der Waals surface area contributed by atoms with Gasteiger partial charge in [-0.1, -0.05) is 44.2 Å². The molecule has 0 unspecified atom stereocenters. The molecule has 0 saturated heterocycles. The molecule has 0 radical (unpaired) electrons. The molecule has 0 bridgehead atoms. The van der Waals surface area contributed by atoms with E-state index in [9.17, 15) is 14.4 Å². The van der Waals surface area contributed by atoms with Crippen LogP contribution in [0, 0.1) is 0 Å². The molecule has 3 rings (SSSR count). The number of hydrogen-bond acceptors (Lipinski definition) is 3. The molecule has 144 valence electrons. The van der Waals surface area contributed by atoms with Crippen molar-refractivity contribution in [2.24, 2.45) is 0 Å². The van der Waals surface area contributed by atoms with E-state index in [-0.39, 0.29) is 18.4 Å². The van der Waals surface area contributed by atoms with Gasteiger partial charge in [0.25, 0.3) is 11.5 Å². The number of nitrogens with one attached hydrogen (secondary N) is 2. The largest absolute Gasteiger partial charge is 0.355 e. The highest BCUT2D eigenvalue weighted by atomic mass is 16.2. The molecule has 3 aromatic rings. The zero-order valence-corrected chi connectivity index (χ0v) is 16.2. The quantitative estimate of drug-likeness (QED) is 0.717. The summed E-state index contributed by atoms with van der Waals surface area (Å²) in [7, 11) is 1.51. The summed E-state index contributed by atoms with van der Waals surface area (Å²) in [5.41, 5.74) is 2.30. The van der Waals surface area contributed by atoms with Crippen LogP contribution in [0.3, 0.4) is 0 Å². The van der Waals surface area contributed by atoms with Gasteiger partial charge in [-0.15, -0.1) is 0 Å². The number of nitrogens with zero attached hydrogens (tertiary/aromatic N) is 1. The smallest absolute Gasteiger partial charge is 0.252 e. The Balaban J connectivity index is 1.90. The number of anilines is 1. The van der Waals surface area contributed by atoms with E-state index in [1.165, 1.54) is 23.2 Å². The van der Waals surface area contributed by atoms with Crippen molar-refractivity contribution < 1.29 is 9.59 Å². The van der Waals surface area contributed by atoms with Crippen molar-refractivity contribution in [2.45, 2.75) is 26.3 Å². The lowest BCUT2D eigenvalue weighted by Gasteiger charge is -2.13. The maximum atomic E-state index is 12.6. The number of amides is 2. The lowest BCUT2D eigenvalue weighted by molar-refractivity contribution is -0.116. The maximum Gasteiger partial charge on any atom is 0.252 e. The molecule has 6 nitrogen and oxygen atoms in total. The average molecular weight is 377 g/mol. The van der Waals surface area contributed by atoms with Gasteiger partial charge in [-0.25, -0.2) is 0 Å². The summed E-state index contributed by atoms with van der Waals surface area (Å²) in [5, 5.41) is 5.98. The van der Waals surface area contributed by atoms with Gasteiger partial charge in [0.15, 0.2) is 0 Å². The van der Waals surface area contributed by atoms with Gasteiger partial charge in [-0.2, -0.15) is 0 Å². The summed E-state index contributed by atoms with van der Waals surface area (Å²) in [6.45, 7) is 4.07. The first-order valence-corrected chi connectivity index (χ1v) is 9.15. The summed E-state index contributed by atoms with van der Waals surface area (Å²) < 4.78 is 1.37. The number of pyridine rings is 1. The molecule has 0 atom stereocenters. The van der Waals surface area contributed by atoms with Crippen LogP contribution < -0.4 is 16.2 Å². The Morgan fingerprint density at radius 3 is 2.36 bits per heavy atom. The highest BCUT2D eigenvalue weighted by molar-refractivity contribution is 6.06. The number of hydrogen-bond donors (Lipinski definition) is 2. The Kier molecular flexibility index (Phi) is 5.59. The Labute approximate surface area is 163 Å². The van der Waals surface area contributed by atoms with Crippen LogP contribution in [0.5, 0.6) is 0 Å². The van der Waals surface area contributed by atoms with E-state index in [0.29, 0.717) is 28.1 Å². The number of benzene rings is 2. The molecule has 2 aromatic carbocycles. The third kappa shape index (κ3) is 3.96. The summed E-state index contributed by atoms with van der Waals surface area (Å²) in [5.74, 6) is -0.235. The second kappa shape index (κ2) is 8.08. The van der Waals surface area contributed by atoms with Crippen molar-refractivity contribution in [2.75, 3.05) is 12.4 Å². The van der Waals surface area contributed by atoms with Gasteiger partial charge >= 0.3 is 0 Å². The van der Waals surface area contributed by atoms with Crippen LogP contribution in [0.25, 0.3) is 10.9 Å². The van der Waals surface area contributed by atoms with Crippen LogP contribution in [0.15, 0.2) is 59.4 Å². The van der Waals surface area contributed by atoms with Crippen LogP contribution in [0.4, 0.5) is 5.69 Å². The molecule has 28 heavy (non-hydrogen) atoms. The molecule has 0 aliphatic rings.